The van der Waals surface area contributed by atoms with Gasteiger partial charge in [0.05, 0.1) is 24.9 Å². The molecule has 0 aliphatic carbocycles. The predicted molar refractivity (Wildman–Crippen MR) is 152 cm³/mol. The Hall–Kier alpha value is -2.20. The van der Waals surface area contributed by atoms with Crippen LogP contribution < -0.4 is 10.6 Å². The number of likely N-dealkylation sites (N-methyl/N-ethyl adjacent to an activating group) is 2. The maximum absolute atomic E-state index is 14.1. The number of nitrogens with zero attached hydrogens (tertiary/aromatic N) is 3. The molecule has 224 valence electrons. The van der Waals surface area contributed by atoms with Gasteiger partial charge in [-0.1, -0.05) is 48.5 Å². The first kappa shape index (κ1) is 33.0. The molecule has 2 N–H and O–H groups in total. The maximum atomic E-state index is 14.1. The molecule has 2 aliphatic heterocycles. The molecule has 0 bridgehead atoms. The van der Waals surface area contributed by atoms with Crippen LogP contribution in [0.25, 0.3) is 0 Å². The zero-order chi connectivity index (χ0) is 29.7. The van der Waals surface area contributed by atoms with Crippen molar-refractivity contribution in [1.29, 1.82) is 0 Å². The van der Waals surface area contributed by atoms with E-state index in [2.05, 4.69) is 15.5 Å². The molecule has 0 aromatic heterocycles. The average Bonchev–Trinajstić information content (AvgIpc) is 3.57. The molecule has 39 heavy (non-hydrogen) atoms. The van der Waals surface area contributed by atoms with Crippen LogP contribution in [0.3, 0.4) is 0 Å². The van der Waals surface area contributed by atoms with Gasteiger partial charge in [-0.25, -0.2) is 4.79 Å². The Bertz CT molecular complexity index is 874. The summed E-state index contributed by atoms with van der Waals surface area (Å²) >= 11 is 0. The van der Waals surface area contributed by atoms with Gasteiger partial charge in [0.1, 0.15) is 12.1 Å². The molecule has 2 fully saturated rings. The molecule has 0 radical (unpaired) electrons. The van der Waals surface area contributed by atoms with Gasteiger partial charge in [0, 0.05) is 20.1 Å². The number of carbonyl (C=O) groups is 4. The highest BCUT2D eigenvalue weighted by Gasteiger charge is 2.47. The molecule has 0 saturated carbocycles. The Morgan fingerprint density at radius 2 is 1.56 bits per heavy atom. The molecule has 0 aromatic rings. The molecule has 2 heterocycles. The molecule has 4 atom stereocenters. The third kappa shape index (κ3) is 6.93. The highest BCUT2D eigenvalue weighted by atomic mass is 16.5. The minimum absolute atomic E-state index is 0.0290. The zero-order valence-corrected chi connectivity index (χ0v) is 25.9. The van der Waals surface area contributed by atoms with Gasteiger partial charge < -0.3 is 25.2 Å². The van der Waals surface area contributed by atoms with E-state index in [1.165, 1.54) is 7.11 Å². The summed E-state index contributed by atoms with van der Waals surface area (Å²) in [6.07, 6.45) is 3.72. The van der Waals surface area contributed by atoms with Crippen LogP contribution in [0.4, 0.5) is 0 Å². The number of likely N-dealkylation sites (tertiary alicyclic amines) is 2. The molecular weight excluding hydrogens is 498 g/mol. The number of amides is 3. The first-order chi connectivity index (χ1) is 18.2. The first-order valence-corrected chi connectivity index (χ1v) is 14.6. The predicted octanol–water partition coefficient (Wildman–Crippen LogP) is 2.36. The molecule has 2 aliphatic rings. The van der Waals surface area contributed by atoms with Crippen molar-refractivity contribution in [2.75, 3.05) is 34.3 Å². The second-order valence-corrected chi connectivity index (χ2v) is 12.5. The lowest BCUT2D eigenvalue weighted by atomic mass is 9.83. The number of methoxy groups -OCH3 is 1. The van der Waals surface area contributed by atoms with E-state index in [1.54, 1.807) is 23.9 Å². The summed E-state index contributed by atoms with van der Waals surface area (Å²) in [6, 6.07) is -1.72. The van der Waals surface area contributed by atoms with Gasteiger partial charge in [-0.3, -0.25) is 19.3 Å². The Balaban J connectivity index is 2.34. The van der Waals surface area contributed by atoms with E-state index in [0.29, 0.717) is 38.8 Å². The fraction of sp³-hybridized carbons (Fsp3) is 0.862. The lowest BCUT2D eigenvalue weighted by Crippen LogP contribution is -2.65. The number of hydrogen-bond donors (Lipinski definition) is 2. The molecule has 0 unspecified atom stereocenters. The van der Waals surface area contributed by atoms with E-state index in [9.17, 15) is 19.2 Å². The quantitative estimate of drug-likeness (QED) is 0.379. The van der Waals surface area contributed by atoms with Gasteiger partial charge in [0.25, 0.3) is 0 Å². The van der Waals surface area contributed by atoms with E-state index >= 15 is 0 Å². The van der Waals surface area contributed by atoms with Crippen molar-refractivity contribution in [1.82, 2.24) is 25.3 Å². The maximum Gasteiger partial charge on any atom is 0.328 e. The highest BCUT2D eigenvalue weighted by molar-refractivity contribution is 5.93. The molecule has 10 nitrogen and oxygen atoms in total. The molecule has 2 saturated heterocycles. The Morgan fingerprint density at radius 1 is 1.00 bits per heavy atom. The first-order valence-electron chi connectivity index (χ1n) is 14.6. The van der Waals surface area contributed by atoms with Gasteiger partial charge in [-0.05, 0) is 56.9 Å². The summed E-state index contributed by atoms with van der Waals surface area (Å²) in [5, 5.41) is 6.25. The summed E-state index contributed by atoms with van der Waals surface area (Å²) in [6.45, 7) is 15.1. The summed E-state index contributed by atoms with van der Waals surface area (Å²) < 4.78 is 4.96. The zero-order valence-electron chi connectivity index (χ0n) is 25.9. The third-order valence-corrected chi connectivity index (χ3v) is 8.78. The highest BCUT2D eigenvalue weighted by Crippen LogP contribution is 2.31. The number of ether oxygens (including phenoxy) is 1. The number of carbonyl (C=O) groups excluding carboxylic acids is 4. The average molecular weight is 552 g/mol. The Labute approximate surface area is 235 Å². The molecule has 3 amide bonds. The van der Waals surface area contributed by atoms with Gasteiger partial charge >= 0.3 is 5.97 Å². The van der Waals surface area contributed by atoms with Crippen LogP contribution >= 0.6 is 0 Å². The summed E-state index contributed by atoms with van der Waals surface area (Å²) in [4.78, 5) is 59.2. The number of nitrogens with one attached hydrogen (secondary N) is 2. The van der Waals surface area contributed by atoms with Crippen molar-refractivity contribution in [3.8, 4) is 0 Å². The third-order valence-electron chi connectivity index (χ3n) is 8.78. The molecule has 0 spiro atoms. The number of rotatable bonds is 11. The van der Waals surface area contributed by atoms with Crippen LogP contribution in [0, 0.1) is 11.3 Å². The van der Waals surface area contributed by atoms with Crippen LogP contribution in [0.1, 0.15) is 87.0 Å². The normalized spacial score (nSPS) is 22.1. The van der Waals surface area contributed by atoms with Gasteiger partial charge in [-0.15, -0.1) is 0 Å². The lowest BCUT2D eigenvalue weighted by Gasteiger charge is -2.44. The van der Waals surface area contributed by atoms with Crippen LogP contribution in [0.5, 0.6) is 0 Å². The van der Waals surface area contributed by atoms with Crippen LogP contribution in [-0.4, -0.2) is 103 Å². The van der Waals surface area contributed by atoms with Crippen LogP contribution in [0.2, 0.25) is 0 Å². The van der Waals surface area contributed by atoms with Crippen molar-refractivity contribution in [2.45, 2.75) is 117 Å². The van der Waals surface area contributed by atoms with Crippen molar-refractivity contribution < 1.29 is 23.9 Å². The van der Waals surface area contributed by atoms with Gasteiger partial charge in [0.2, 0.25) is 17.7 Å². The molecule has 10 heteroatoms. The lowest BCUT2D eigenvalue weighted by molar-refractivity contribution is -0.155. The van der Waals surface area contributed by atoms with E-state index in [-0.39, 0.29) is 35.8 Å². The smallest absolute Gasteiger partial charge is 0.328 e. The molecule has 0 aromatic carbocycles. The number of esters is 1. The Kier molecular flexibility index (Phi) is 11.4. The van der Waals surface area contributed by atoms with Crippen LogP contribution in [-0.2, 0) is 23.9 Å². The standard InChI is InChI=1S/C29H53N5O5/c1-11-29(12-2,30-8)27(38)31-22(28(5,6)7)25(36)32(9)23(19(3)4)33-17-13-15-20(33)24(35)34-18-14-16-21(34)26(37)39-10/h19-23,30H,11-18H2,1-10H3,(H,31,38)/t20-,21-,22+,23+/m0/s1. The van der Waals surface area contributed by atoms with E-state index in [0.717, 1.165) is 12.8 Å². The fourth-order valence-corrected chi connectivity index (χ4v) is 6.32. The van der Waals surface area contributed by atoms with Crippen molar-refractivity contribution >= 4 is 23.7 Å². The SMILES string of the molecule is CCC(CC)(NC)C(=O)N[C@H](C(=O)N(C)[C@@H](C(C)C)N1CCC[C@H]1C(=O)N1CCC[C@H]1C(=O)OC)C(C)(C)C. The fourth-order valence-electron chi connectivity index (χ4n) is 6.32. The Morgan fingerprint density at radius 3 is 2.05 bits per heavy atom. The second-order valence-electron chi connectivity index (χ2n) is 12.5. The topological polar surface area (TPSA) is 111 Å². The van der Waals surface area contributed by atoms with E-state index in [4.69, 9.17) is 4.74 Å². The van der Waals surface area contributed by atoms with E-state index < -0.39 is 29.1 Å². The molecular formula is C29H53N5O5. The summed E-state index contributed by atoms with van der Waals surface area (Å²) in [5.41, 5.74) is -1.29. The largest absolute Gasteiger partial charge is 0.467 e. The van der Waals surface area contributed by atoms with Crippen LogP contribution in [0.15, 0.2) is 0 Å². The second kappa shape index (κ2) is 13.4. The minimum atomic E-state index is -0.752. The monoisotopic (exact) mass is 551 g/mol. The van der Waals surface area contributed by atoms with E-state index in [1.807, 2.05) is 48.5 Å². The number of hydrogen-bond acceptors (Lipinski definition) is 7. The van der Waals surface area contributed by atoms with Crippen molar-refractivity contribution in [3.63, 3.8) is 0 Å². The molecule has 2 rings (SSSR count). The van der Waals surface area contributed by atoms with Gasteiger partial charge in [0.15, 0.2) is 0 Å². The summed E-state index contributed by atoms with van der Waals surface area (Å²) in [7, 11) is 4.90. The summed E-state index contributed by atoms with van der Waals surface area (Å²) in [5.74, 6) is -0.786. The van der Waals surface area contributed by atoms with Crippen molar-refractivity contribution in [3.05, 3.63) is 0 Å². The van der Waals surface area contributed by atoms with Crippen molar-refractivity contribution in [2.24, 2.45) is 11.3 Å². The minimum Gasteiger partial charge on any atom is -0.467 e. The van der Waals surface area contributed by atoms with Gasteiger partial charge in [-0.2, -0.15) is 0 Å².